The summed E-state index contributed by atoms with van der Waals surface area (Å²) in [4.78, 5) is 10.5. The van der Waals surface area contributed by atoms with Crippen LogP contribution in [0.5, 0.6) is 0 Å². The Bertz CT molecular complexity index is 96.6. The molecule has 0 saturated carbocycles. The Hall–Kier alpha value is -0.410. The highest BCUT2D eigenvalue weighted by Gasteiger charge is 2.16. The van der Waals surface area contributed by atoms with Crippen molar-refractivity contribution in [1.82, 2.24) is 10.6 Å². The summed E-state index contributed by atoms with van der Waals surface area (Å²) >= 11 is 0. The third kappa shape index (κ3) is 1.05. The van der Waals surface area contributed by atoms with Gasteiger partial charge in [-0.2, -0.15) is 0 Å². The highest BCUT2D eigenvalue weighted by molar-refractivity contribution is 5.81. The number of hydrogen-bond donors (Lipinski definition) is 2. The lowest BCUT2D eigenvalue weighted by atomic mass is 10.2. The Morgan fingerprint density at radius 2 is 2.50 bits per heavy atom. The van der Waals surface area contributed by atoms with E-state index in [1.54, 1.807) is 6.92 Å². The molecule has 2 N–H and O–H groups in total. The second-order valence-corrected chi connectivity index (χ2v) is 2.00. The molecule has 1 atom stereocenters. The average molecular weight is 114 g/mol. The molecule has 0 radical (unpaired) electrons. The molecule has 0 amide bonds. The van der Waals surface area contributed by atoms with Gasteiger partial charge in [0.15, 0.2) is 0 Å². The number of Topliss-reactive ketones (excluding diaryl/α,β-unsaturated/α-hetero) is 1. The summed E-state index contributed by atoms with van der Waals surface area (Å²) in [5.41, 5.74) is 0. The topological polar surface area (TPSA) is 41.1 Å². The van der Waals surface area contributed by atoms with Crippen molar-refractivity contribution in [2.75, 3.05) is 13.2 Å². The minimum absolute atomic E-state index is 0.0648. The molecular formula is C5H10N2O. The lowest BCUT2D eigenvalue weighted by Gasteiger charge is -2.00. The molecule has 1 aliphatic heterocycles. The lowest BCUT2D eigenvalue weighted by molar-refractivity contribution is -0.118. The Morgan fingerprint density at radius 3 is 2.75 bits per heavy atom. The van der Waals surface area contributed by atoms with Crippen LogP contribution in [0.15, 0.2) is 0 Å². The van der Waals surface area contributed by atoms with E-state index in [1.807, 2.05) is 0 Å². The Balaban J connectivity index is 2.35. The standard InChI is InChI=1S/C5H10N2O/c1-4(8)5-2-6-3-7-5/h5-7H,2-3H2,1H3. The van der Waals surface area contributed by atoms with Crippen molar-refractivity contribution in [3.63, 3.8) is 0 Å². The maximum Gasteiger partial charge on any atom is 0.148 e. The summed E-state index contributed by atoms with van der Waals surface area (Å²) in [6.45, 7) is 3.16. The smallest absolute Gasteiger partial charge is 0.148 e. The molecule has 0 spiro atoms. The van der Waals surface area contributed by atoms with Crippen LogP contribution in [0.1, 0.15) is 6.92 Å². The van der Waals surface area contributed by atoms with Crippen LogP contribution in [0, 0.1) is 0 Å². The Morgan fingerprint density at radius 1 is 1.75 bits per heavy atom. The van der Waals surface area contributed by atoms with Gasteiger partial charge >= 0.3 is 0 Å². The third-order valence-corrected chi connectivity index (χ3v) is 1.31. The van der Waals surface area contributed by atoms with Gasteiger partial charge < -0.3 is 5.32 Å². The maximum absolute atomic E-state index is 10.5. The van der Waals surface area contributed by atoms with E-state index in [1.165, 1.54) is 0 Å². The molecule has 1 heterocycles. The van der Waals surface area contributed by atoms with Crippen molar-refractivity contribution in [2.45, 2.75) is 13.0 Å². The zero-order valence-electron chi connectivity index (χ0n) is 4.90. The predicted octanol–water partition coefficient (Wildman–Crippen LogP) is -0.906. The first-order chi connectivity index (χ1) is 3.80. The van der Waals surface area contributed by atoms with Crippen LogP contribution < -0.4 is 10.6 Å². The van der Waals surface area contributed by atoms with Crippen LogP contribution in [0.4, 0.5) is 0 Å². The summed E-state index contributed by atoms with van der Waals surface area (Å²) in [5, 5.41) is 6.02. The van der Waals surface area contributed by atoms with Gasteiger partial charge in [-0.25, -0.2) is 0 Å². The van der Waals surface area contributed by atoms with Crippen LogP contribution in [0.3, 0.4) is 0 Å². The summed E-state index contributed by atoms with van der Waals surface area (Å²) < 4.78 is 0. The second kappa shape index (κ2) is 2.24. The normalized spacial score (nSPS) is 28.4. The predicted molar refractivity (Wildman–Crippen MR) is 30.5 cm³/mol. The highest BCUT2D eigenvalue weighted by Crippen LogP contribution is 1.87. The molecule has 0 bridgehead atoms. The van der Waals surface area contributed by atoms with E-state index in [-0.39, 0.29) is 11.8 Å². The highest BCUT2D eigenvalue weighted by atomic mass is 16.1. The van der Waals surface area contributed by atoms with Gasteiger partial charge in [-0.05, 0) is 6.92 Å². The molecular weight excluding hydrogens is 104 g/mol. The van der Waals surface area contributed by atoms with Gasteiger partial charge in [0, 0.05) is 13.2 Å². The van der Waals surface area contributed by atoms with Crippen LogP contribution >= 0.6 is 0 Å². The van der Waals surface area contributed by atoms with Crippen molar-refractivity contribution < 1.29 is 4.79 Å². The maximum atomic E-state index is 10.5. The fourth-order valence-electron chi connectivity index (χ4n) is 0.772. The first-order valence-corrected chi connectivity index (χ1v) is 2.75. The monoisotopic (exact) mass is 114 g/mol. The fraction of sp³-hybridized carbons (Fsp3) is 0.800. The Labute approximate surface area is 48.5 Å². The van der Waals surface area contributed by atoms with Crippen molar-refractivity contribution in [1.29, 1.82) is 0 Å². The largest absolute Gasteiger partial charge is 0.302 e. The minimum Gasteiger partial charge on any atom is -0.302 e. The van der Waals surface area contributed by atoms with Gasteiger partial charge in [0.05, 0.1) is 6.04 Å². The number of rotatable bonds is 1. The molecule has 0 aliphatic carbocycles. The molecule has 8 heavy (non-hydrogen) atoms. The SMILES string of the molecule is CC(=O)C1CNCN1. The van der Waals surface area contributed by atoms with Crippen molar-refractivity contribution >= 4 is 5.78 Å². The van der Waals surface area contributed by atoms with E-state index >= 15 is 0 Å². The molecule has 1 unspecified atom stereocenters. The van der Waals surface area contributed by atoms with Gasteiger partial charge in [0.2, 0.25) is 0 Å². The number of carbonyl (C=O) groups is 1. The zero-order chi connectivity index (χ0) is 5.98. The quantitative estimate of drug-likeness (QED) is 0.464. The molecule has 0 aromatic rings. The average Bonchev–Trinajstić information content (AvgIpc) is 2.12. The van der Waals surface area contributed by atoms with Crippen molar-refractivity contribution in [2.24, 2.45) is 0 Å². The van der Waals surface area contributed by atoms with Crippen LogP contribution in [-0.2, 0) is 4.79 Å². The number of nitrogens with one attached hydrogen (secondary N) is 2. The third-order valence-electron chi connectivity index (χ3n) is 1.31. The number of hydrogen-bond acceptors (Lipinski definition) is 3. The Kier molecular flexibility index (Phi) is 1.60. The van der Waals surface area contributed by atoms with Crippen LogP contribution in [0.25, 0.3) is 0 Å². The van der Waals surface area contributed by atoms with Crippen molar-refractivity contribution in [3.8, 4) is 0 Å². The van der Waals surface area contributed by atoms with Crippen LogP contribution in [0.2, 0.25) is 0 Å². The summed E-state index contributed by atoms with van der Waals surface area (Å²) in [6.07, 6.45) is 0. The first kappa shape index (κ1) is 5.72. The van der Waals surface area contributed by atoms with Gasteiger partial charge in [-0.1, -0.05) is 0 Å². The molecule has 0 aromatic heterocycles. The van der Waals surface area contributed by atoms with E-state index in [4.69, 9.17) is 0 Å². The molecule has 0 aromatic carbocycles. The molecule has 1 rings (SSSR count). The van der Waals surface area contributed by atoms with Gasteiger partial charge in [0.25, 0.3) is 0 Å². The molecule has 46 valence electrons. The minimum atomic E-state index is 0.0648. The fourth-order valence-corrected chi connectivity index (χ4v) is 0.772. The van der Waals surface area contributed by atoms with E-state index in [0.29, 0.717) is 0 Å². The van der Waals surface area contributed by atoms with E-state index in [9.17, 15) is 4.79 Å². The molecule has 1 fully saturated rings. The molecule has 1 aliphatic rings. The van der Waals surface area contributed by atoms with E-state index < -0.39 is 0 Å². The first-order valence-electron chi connectivity index (χ1n) is 2.75. The number of ketones is 1. The zero-order valence-corrected chi connectivity index (χ0v) is 4.90. The summed E-state index contributed by atoms with van der Waals surface area (Å²) in [7, 11) is 0. The van der Waals surface area contributed by atoms with Gasteiger partial charge in [0.1, 0.15) is 5.78 Å². The van der Waals surface area contributed by atoms with E-state index in [2.05, 4.69) is 10.6 Å². The number of carbonyl (C=O) groups excluding carboxylic acids is 1. The van der Waals surface area contributed by atoms with Gasteiger partial charge in [-0.15, -0.1) is 0 Å². The molecule has 3 heteroatoms. The second-order valence-electron chi connectivity index (χ2n) is 2.00. The van der Waals surface area contributed by atoms with Crippen molar-refractivity contribution in [3.05, 3.63) is 0 Å². The summed E-state index contributed by atoms with van der Waals surface area (Å²) in [5.74, 6) is 0.218. The molecule has 1 saturated heterocycles. The van der Waals surface area contributed by atoms with E-state index in [0.717, 1.165) is 13.2 Å². The molecule has 3 nitrogen and oxygen atoms in total. The van der Waals surface area contributed by atoms with Gasteiger partial charge in [-0.3, -0.25) is 10.1 Å². The van der Waals surface area contributed by atoms with Crippen LogP contribution in [-0.4, -0.2) is 25.0 Å². The summed E-state index contributed by atoms with van der Waals surface area (Å²) in [6, 6.07) is 0.0648. The lowest BCUT2D eigenvalue weighted by Crippen LogP contribution is -2.30.